The summed E-state index contributed by atoms with van der Waals surface area (Å²) in [6.45, 7) is 0.560. The Morgan fingerprint density at radius 3 is 2.38 bits per heavy atom. The van der Waals surface area contributed by atoms with Gasteiger partial charge in [0.15, 0.2) is 14.6 Å². The molecule has 1 N–H and O–H groups in total. The molecule has 1 aliphatic carbocycles. The average Bonchev–Trinajstić information content (AvgIpc) is 3.42. The molecule has 2 aromatic carbocycles. The number of nitrogens with zero attached hydrogens (tertiary/aromatic N) is 3. The number of carbonyl (C=O) groups is 1. The van der Waals surface area contributed by atoms with Gasteiger partial charge < -0.3 is 9.88 Å². The van der Waals surface area contributed by atoms with E-state index in [1.807, 2.05) is 22.8 Å². The van der Waals surface area contributed by atoms with Crippen molar-refractivity contribution in [1.82, 2.24) is 14.8 Å². The first kappa shape index (κ1) is 19.3. The highest BCUT2D eigenvalue weighted by atomic mass is 32.2. The second-order valence-electron chi connectivity index (χ2n) is 7.31. The van der Waals surface area contributed by atoms with Gasteiger partial charge in [-0.2, -0.15) is 0 Å². The fourth-order valence-electron chi connectivity index (χ4n) is 3.90. The van der Waals surface area contributed by atoms with E-state index in [4.69, 9.17) is 0 Å². The van der Waals surface area contributed by atoms with Crippen LogP contribution in [-0.2, 0) is 21.2 Å². The van der Waals surface area contributed by atoms with E-state index >= 15 is 0 Å². The van der Waals surface area contributed by atoms with Gasteiger partial charge in [0.2, 0.25) is 5.91 Å². The molecule has 1 aromatic heterocycles. The summed E-state index contributed by atoms with van der Waals surface area (Å²) in [7, 11) is -3.80. The molecule has 8 heteroatoms. The summed E-state index contributed by atoms with van der Waals surface area (Å²) >= 11 is 0. The van der Waals surface area contributed by atoms with Crippen LogP contribution in [0.1, 0.15) is 31.2 Å². The van der Waals surface area contributed by atoms with Gasteiger partial charge in [-0.05, 0) is 42.7 Å². The molecular weight excluding hydrogens is 388 g/mol. The molecular formula is C21H22N4O3S. The molecule has 0 saturated heterocycles. The van der Waals surface area contributed by atoms with Crippen LogP contribution in [0.25, 0.3) is 0 Å². The quantitative estimate of drug-likeness (QED) is 0.674. The summed E-state index contributed by atoms with van der Waals surface area (Å²) in [6, 6.07) is 15.6. The van der Waals surface area contributed by atoms with Gasteiger partial charge in [0.25, 0.3) is 0 Å². The summed E-state index contributed by atoms with van der Waals surface area (Å²) in [4.78, 5) is 13.5. The normalized spacial score (nSPS) is 15.9. The summed E-state index contributed by atoms with van der Waals surface area (Å²) in [5.41, 5.74) is 1.53. The number of sulfone groups is 1. The molecule has 0 aliphatic heterocycles. The summed E-state index contributed by atoms with van der Waals surface area (Å²) in [6.07, 6.45) is 5.32. The first-order valence-electron chi connectivity index (χ1n) is 9.54. The number of rotatable bonds is 6. The lowest BCUT2D eigenvalue weighted by Gasteiger charge is -2.27. The van der Waals surface area contributed by atoms with Crippen LogP contribution in [-0.4, -0.2) is 33.8 Å². The van der Waals surface area contributed by atoms with Crippen molar-refractivity contribution in [1.29, 1.82) is 0 Å². The predicted octanol–water partition coefficient (Wildman–Crippen LogP) is 3.05. The van der Waals surface area contributed by atoms with Crippen molar-refractivity contribution >= 4 is 21.4 Å². The van der Waals surface area contributed by atoms with Gasteiger partial charge >= 0.3 is 0 Å². The fourth-order valence-corrected chi connectivity index (χ4v) is 5.98. The van der Waals surface area contributed by atoms with Gasteiger partial charge in [-0.25, -0.2) is 8.42 Å². The highest BCUT2D eigenvalue weighted by Crippen LogP contribution is 2.41. The van der Waals surface area contributed by atoms with E-state index in [2.05, 4.69) is 15.5 Å². The second-order valence-corrected chi connectivity index (χ2v) is 9.57. The van der Waals surface area contributed by atoms with Crippen LogP contribution in [0.3, 0.4) is 0 Å². The van der Waals surface area contributed by atoms with Crippen LogP contribution in [0.15, 0.2) is 72.1 Å². The molecule has 0 radical (unpaired) electrons. The molecule has 29 heavy (non-hydrogen) atoms. The standard InChI is InChI=1S/C21H22N4O3S/c26-20(24-18-8-6-7-17(13-18)14-25-15-22-23-16-25)21(11-4-5-12-21)29(27,28)19-9-2-1-3-10-19/h1-3,6-10,13,15-16H,4-5,11-12,14H2,(H,24,26). The number of hydrogen-bond acceptors (Lipinski definition) is 5. The molecule has 1 heterocycles. The first-order chi connectivity index (χ1) is 14.0. The van der Waals surface area contributed by atoms with Crippen molar-refractivity contribution in [2.45, 2.75) is 41.9 Å². The zero-order valence-electron chi connectivity index (χ0n) is 15.9. The van der Waals surface area contributed by atoms with E-state index < -0.39 is 20.5 Å². The van der Waals surface area contributed by atoms with E-state index in [0.29, 0.717) is 37.9 Å². The Balaban J connectivity index is 1.60. The molecule has 1 saturated carbocycles. The van der Waals surface area contributed by atoms with E-state index in [1.165, 1.54) is 0 Å². The molecule has 1 amide bonds. The fraction of sp³-hybridized carbons (Fsp3) is 0.286. The topological polar surface area (TPSA) is 93.9 Å². The minimum atomic E-state index is -3.80. The Hall–Kier alpha value is -3.00. The predicted molar refractivity (Wildman–Crippen MR) is 109 cm³/mol. The van der Waals surface area contributed by atoms with Crippen molar-refractivity contribution in [3.63, 3.8) is 0 Å². The van der Waals surface area contributed by atoms with Crippen LogP contribution in [0.2, 0.25) is 0 Å². The largest absolute Gasteiger partial charge is 0.325 e. The third kappa shape index (κ3) is 3.67. The zero-order chi connectivity index (χ0) is 20.3. The monoisotopic (exact) mass is 410 g/mol. The molecule has 1 fully saturated rings. The van der Waals surface area contributed by atoms with Crippen molar-refractivity contribution in [2.24, 2.45) is 0 Å². The lowest BCUT2D eigenvalue weighted by atomic mass is 10.1. The maximum absolute atomic E-state index is 13.4. The van der Waals surface area contributed by atoms with E-state index in [1.54, 1.807) is 49.1 Å². The maximum Gasteiger partial charge on any atom is 0.246 e. The number of aromatic nitrogens is 3. The Morgan fingerprint density at radius 2 is 1.69 bits per heavy atom. The summed E-state index contributed by atoms with van der Waals surface area (Å²) in [5.74, 6) is -0.458. The molecule has 0 unspecified atom stereocenters. The molecule has 0 bridgehead atoms. The Morgan fingerprint density at radius 1 is 1.00 bits per heavy atom. The van der Waals surface area contributed by atoms with Gasteiger partial charge in [0.1, 0.15) is 12.7 Å². The van der Waals surface area contributed by atoms with E-state index in [9.17, 15) is 13.2 Å². The maximum atomic E-state index is 13.4. The van der Waals surface area contributed by atoms with Gasteiger partial charge in [-0.1, -0.05) is 43.2 Å². The van der Waals surface area contributed by atoms with Crippen LogP contribution in [0.5, 0.6) is 0 Å². The second kappa shape index (κ2) is 7.79. The lowest BCUT2D eigenvalue weighted by molar-refractivity contribution is -0.118. The molecule has 1 aliphatic rings. The smallest absolute Gasteiger partial charge is 0.246 e. The number of amides is 1. The van der Waals surface area contributed by atoms with E-state index in [0.717, 1.165) is 5.56 Å². The number of carbonyl (C=O) groups excluding carboxylic acids is 1. The summed E-state index contributed by atoms with van der Waals surface area (Å²) < 4.78 is 27.2. The highest BCUT2D eigenvalue weighted by molar-refractivity contribution is 7.93. The molecule has 0 atom stereocenters. The number of benzene rings is 2. The molecule has 4 rings (SSSR count). The third-order valence-corrected chi connectivity index (χ3v) is 7.92. The molecule has 150 valence electrons. The van der Waals surface area contributed by atoms with Crippen molar-refractivity contribution < 1.29 is 13.2 Å². The average molecular weight is 410 g/mol. The minimum absolute atomic E-state index is 0.193. The first-order valence-corrected chi connectivity index (χ1v) is 11.0. The lowest BCUT2D eigenvalue weighted by Crippen LogP contribution is -2.47. The van der Waals surface area contributed by atoms with Crippen molar-refractivity contribution in [3.8, 4) is 0 Å². The van der Waals surface area contributed by atoms with Gasteiger partial charge in [0, 0.05) is 5.69 Å². The number of anilines is 1. The van der Waals surface area contributed by atoms with Crippen molar-refractivity contribution in [2.75, 3.05) is 5.32 Å². The Labute approximate surface area is 169 Å². The Bertz CT molecular complexity index is 1090. The van der Waals surface area contributed by atoms with Crippen molar-refractivity contribution in [3.05, 3.63) is 72.8 Å². The Kier molecular flexibility index (Phi) is 5.19. The molecule has 3 aromatic rings. The van der Waals surface area contributed by atoms with Gasteiger partial charge in [-0.15, -0.1) is 10.2 Å². The van der Waals surface area contributed by atoms with Gasteiger partial charge in [-0.3, -0.25) is 4.79 Å². The highest BCUT2D eigenvalue weighted by Gasteiger charge is 2.52. The third-order valence-electron chi connectivity index (χ3n) is 5.41. The molecule has 0 spiro atoms. The van der Waals surface area contributed by atoms with Crippen LogP contribution in [0.4, 0.5) is 5.69 Å². The van der Waals surface area contributed by atoms with Crippen LogP contribution < -0.4 is 5.32 Å². The van der Waals surface area contributed by atoms with E-state index in [-0.39, 0.29) is 4.90 Å². The zero-order valence-corrected chi connectivity index (χ0v) is 16.7. The number of nitrogens with one attached hydrogen (secondary N) is 1. The van der Waals surface area contributed by atoms with Crippen LogP contribution >= 0.6 is 0 Å². The SMILES string of the molecule is O=C(Nc1cccc(Cn2cnnc2)c1)C1(S(=O)(=O)c2ccccc2)CCCC1. The molecule has 7 nitrogen and oxygen atoms in total. The van der Waals surface area contributed by atoms with Crippen LogP contribution in [0, 0.1) is 0 Å². The minimum Gasteiger partial charge on any atom is -0.325 e. The summed E-state index contributed by atoms with van der Waals surface area (Å²) in [5, 5.41) is 10.4. The van der Waals surface area contributed by atoms with Gasteiger partial charge in [0.05, 0.1) is 11.4 Å². The number of hydrogen-bond donors (Lipinski definition) is 1.